The standard InChI is InChI=1S/C28H28F3N5O2/c1-15(2)10-21(26(37)36-27(14-32)8-9-27)35-25(28(29,30)31)18-4-6-19-20-11-17(22-13-33-16(3)34-22)5-7-23(20)38-24(19)12-18/h4-7,11-13,15,21,25,35H,8-10H2,1-3H3,(H,33,34)(H,36,37)/t21-,25-/m0/s1. The zero-order valence-electron chi connectivity index (χ0n) is 21.2. The van der Waals surface area contributed by atoms with Gasteiger partial charge < -0.3 is 14.7 Å². The van der Waals surface area contributed by atoms with Crippen molar-refractivity contribution in [1.29, 1.82) is 5.26 Å². The fraction of sp³-hybridized carbons (Fsp3) is 0.393. The molecule has 1 amide bonds. The van der Waals surface area contributed by atoms with Gasteiger partial charge in [-0.2, -0.15) is 18.4 Å². The summed E-state index contributed by atoms with van der Waals surface area (Å²) in [6, 6.07) is 8.80. The number of furan rings is 1. The molecule has 3 N–H and O–H groups in total. The highest BCUT2D eigenvalue weighted by molar-refractivity contribution is 6.06. The molecule has 198 valence electrons. The van der Waals surface area contributed by atoms with Gasteiger partial charge >= 0.3 is 6.18 Å². The first kappa shape index (κ1) is 25.8. The molecule has 0 unspecified atom stereocenters. The van der Waals surface area contributed by atoms with Gasteiger partial charge in [-0.3, -0.25) is 10.1 Å². The number of H-pyrrole nitrogens is 1. The van der Waals surface area contributed by atoms with Crippen molar-refractivity contribution in [2.45, 2.75) is 63.8 Å². The Morgan fingerprint density at radius 1 is 1.18 bits per heavy atom. The summed E-state index contributed by atoms with van der Waals surface area (Å²) >= 11 is 0. The highest BCUT2D eigenvalue weighted by Gasteiger charge is 2.47. The van der Waals surface area contributed by atoms with Crippen molar-refractivity contribution in [3.63, 3.8) is 0 Å². The molecule has 0 aliphatic heterocycles. The first-order chi connectivity index (χ1) is 18.0. The van der Waals surface area contributed by atoms with Gasteiger partial charge in [0.15, 0.2) is 0 Å². The number of fused-ring (bicyclic) bond motifs is 3. The number of nitrogens with zero attached hydrogens (tertiary/aromatic N) is 2. The van der Waals surface area contributed by atoms with E-state index in [0.29, 0.717) is 29.4 Å². The molecule has 7 nitrogen and oxygen atoms in total. The van der Waals surface area contributed by atoms with E-state index in [2.05, 4.69) is 26.7 Å². The number of hydrogen-bond acceptors (Lipinski definition) is 5. The molecule has 4 aromatic rings. The van der Waals surface area contributed by atoms with Crippen molar-refractivity contribution in [3.8, 4) is 17.3 Å². The van der Waals surface area contributed by atoms with E-state index < -0.39 is 29.7 Å². The molecular formula is C28H28F3N5O2. The second-order valence-corrected chi connectivity index (χ2v) is 10.5. The third kappa shape index (κ3) is 5.11. The molecule has 0 bridgehead atoms. The van der Waals surface area contributed by atoms with Gasteiger partial charge in [-0.25, -0.2) is 4.98 Å². The van der Waals surface area contributed by atoms with E-state index in [0.717, 1.165) is 22.5 Å². The normalized spacial score (nSPS) is 16.5. The Labute approximate surface area is 217 Å². The lowest BCUT2D eigenvalue weighted by atomic mass is 9.98. The number of aryl methyl sites for hydroxylation is 1. The van der Waals surface area contributed by atoms with Crippen LogP contribution in [-0.2, 0) is 4.79 Å². The van der Waals surface area contributed by atoms with Gasteiger partial charge in [-0.05, 0) is 61.9 Å². The van der Waals surface area contributed by atoms with E-state index in [4.69, 9.17) is 4.42 Å². The van der Waals surface area contributed by atoms with Gasteiger partial charge in [0.2, 0.25) is 5.91 Å². The summed E-state index contributed by atoms with van der Waals surface area (Å²) in [5.41, 5.74) is 1.55. The van der Waals surface area contributed by atoms with Crippen LogP contribution in [0.1, 0.15) is 50.5 Å². The number of halogens is 3. The topological polar surface area (TPSA) is 107 Å². The maximum absolute atomic E-state index is 14.3. The second kappa shape index (κ2) is 9.48. The van der Waals surface area contributed by atoms with E-state index in [1.807, 2.05) is 32.9 Å². The number of aromatic nitrogens is 2. The van der Waals surface area contributed by atoms with Crippen LogP contribution in [0.4, 0.5) is 13.2 Å². The van der Waals surface area contributed by atoms with E-state index in [1.165, 1.54) is 12.1 Å². The van der Waals surface area contributed by atoms with Crippen LogP contribution in [0.5, 0.6) is 0 Å². The number of nitrogens with one attached hydrogen (secondary N) is 3. The lowest BCUT2D eigenvalue weighted by Crippen LogP contribution is -2.52. The van der Waals surface area contributed by atoms with Crippen LogP contribution in [0.15, 0.2) is 47.0 Å². The molecule has 1 aliphatic rings. The van der Waals surface area contributed by atoms with Crippen LogP contribution < -0.4 is 10.6 Å². The summed E-state index contributed by atoms with van der Waals surface area (Å²) in [4.78, 5) is 20.3. The van der Waals surface area contributed by atoms with Crippen molar-refractivity contribution >= 4 is 27.8 Å². The highest BCUT2D eigenvalue weighted by atomic mass is 19.4. The van der Waals surface area contributed by atoms with E-state index in [9.17, 15) is 23.2 Å². The van der Waals surface area contributed by atoms with E-state index in [-0.39, 0.29) is 17.9 Å². The second-order valence-electron chi connectivity index (χ2n) is 10.5. The fourth-order valence-electron chi connectivity index (χ4n) is 4.72. The summed E-state index contributed by atoms with van der Waals surface area (Å²) in [6.07, 6.45) is -1.77. The fourth-order valence-corrected chi connectivity index (χ4v) is 4.72. The molecule has 10 heteroatoms. The van der Waals surface area contributed by atoms with Gasteiger partial charge in [0.1, 0.15) is 28.6 Å². The quantitative estimate of drug-likeness (QED) is 0.260. The highest BCUT2D eigenvalue weighted by Crippen LogP contribution is 2.38. The maximum atomic E-state index is 14.3. The molecule has 5 rings (SSSR count). The number of hydrogen-bond donors (Lipinski definition) is 3. The van der Waals surface area contributed by atoms with Crippen molar-refractivity contribution in [3.05, 3.63) is 54.0 Å². The predicted octanol–water partition coefficient (Wildman–Crippen LogP) is 6.06. The molecule has 0 radical (unpaired) electrons. The third-order valence-corrected chi connectivity index (χ3v) is 6.89. The summed E-state index contributed by atoms with van der Waals surface area (Å²) in [5.74, 6) is 0.130. The Kier molecular flexibility index (Phi) is 6.43. The van der Waals surface area contributed by atoms with Crippen LogP contribution in [0, 0.1) is 24.2 Å². The van der Waals surface area contributed by atoms with Gasteiger partial charge in [0.25, 0.3) is 0 Å². The Hall–Kier alpha value is -3.84. The molecule has 0 saturated heterocycles. The average Bonchev–Trinajstić information content (AvgIpc) is 3.33. The molecule has 2 atom stereocenters. The number of amides is 1. The number of aromatic amines is 1. The Balaban J connectivity index is 1.48. The Bertz CT molecular complexity index is 1540. The van der Waals surface area contributed by atoms with Crippen molar-refractivity contribution in [2.75, 3.05) is 0 Å². The molecule has 1 fully saturated rings. The van der Waals surface area contributed by atoms with Gasteiger partial charge in [0.05, 0.1) is 24.0 Å². The Morgan fingerprint density at radius 3 is 2.55 bits per heavy atom. The first-order valence-electron chi connectivity index (χ1n) is 12.5. The lowest BCUT2D eigenvalue weighted by molar-refractivity contribution is -0.161. The van der Waals surface area contributed by atoms with Crippen molar-refractivity contribution < 1.29 is 22.4 Å². The van der Waals surface area contributed by atoms with Crippen LogP contribution in [0.25, 0.3) is 33.2 Å². The smallest absolute Gasteiger partial charge is 0.407 e. The number of benzene rings is 2. The minimum atomic E-state index is -4.67. The summed E-state index contributed by atoms with van der Waals surface area (Å²) in [5, 5.41) is 16.0. The minimum Gasteiger partial charge on any atom is -0.456 e. The minimum absolute atomic E-state index is 0.0462. The third-order valence-electron chi connectivity index (χ3n) is 6.89. The summed E-state index contributed by atoms with van der Waals surface area (Å²) < 4.78 is 49.0. The van der Waals surface area contributed by atoms with E-state index >= 15 is 0 Å². The first-order valence-corrected chi connectivity index (χ1v) is 12.5. The van der Waals surface area contributed by atoms with Gasteiger partial charge in [-0.15, -0.1) is 0 Å². The summed E-state index contributed by atoms with van der Waals surface area (Å²) in [7, 11) is 0. The average molecular weight is 524 g/mol. The number of carbonyl (C=O) groups excluding carboxylic acids is 1. The molecular weight excluding hydrogens is 495 g/mol. The predicted molar refractivity (Wildman–Crippen MR) is 137 cm³/mol. The molecule has 1 saturated carbocycles. The van der Waals surface area contributed by atoms with Crippen molar-refractivity contribution in [2.24, 2.45) is 5.92 Å². The number of nitriles is 1. The van der Waals surface area contributed by atoms with Crippen LogP contribution in [0.2, 0.25) is 0 Å². The molecule has 2 aromatic heterocycles. The molecule has 1 aliphatic carbocycles. The monoisotopic (exact) mass is 523 g/mol. The van der Waals surface area contributed by atoms with Crippen LogP contribution in [0.3, 0.4) is 0 Å². The summed E-state index contributed by atoms with van der Waals surface area (Å²) in [6.45, 7) is 5.52. The zero-order chi connectivity index (χ0) is 27.2. The lowest BCUT2D eigenvalue weighted by Gasteiger charge is -2.29. The maximum Gasteiger partial charge on any atom is 0.407 e. The molecule has 2 heterocycles. The number of carbonyl (C=O) groups is 1. The van der Waals surface area contributed by atoms with Crippen LogP contribution >= 0.6 is 0 Å². The molecule has 2 aromatic carbocycles. The Morgan fingerprint density at radius 2 is 1.95 bits per heavy atom. The molecule has 0 spiro atoms. The van der Waals surface area contributed by atoms with E-state index in [1.54, 1.807) is 18.3 Å². The van der Waals surface area contributed by atoms with Crippen LogP contribution in [-0.4, -0.2) is 33.6 Å². The molecule has 38 heavy (non-hydrogen) atoms. The number of rotatable bonds is 8. The van der Waals surface area contributed by atoms with Gasteiger partial charge in [0, 0.05) is 16.3 Å². The zero-order valence-corrected chi connectivity index (χ0v) is 21.2. The SMILES string of the molecule is Cc1ncc(-c2ccc3oc4cc([C@H](N[C@@H](CC(C)C)C(=O)NC5(C#N)CC5)C(F)(F)F)ccc4c3c2)[nH]1. The van der Waals surface area contributed by atoms with Crippen molar-refractivity contribution in [1.82, 2.24) is 20.6 Å². The number of alkyl halides is 3. The van der Waals surface area contributed by atoms with Gasteiger partial charge in [-0.1, -0.05) is 26.0 Å². The largest absolute Gasteiger partial charge is 0.456 e. The number of imidazole rings is 1.